The maximum Gasteiger partial charge on any atom is 0.267 e. The van der Waals surface area contributed by atoms with Crippen LogP contribution in [0.25, 0.3) is 0 Å². The fourth-order valence-electron chi connectivity index (χ4n) is 2.01. The summed E-state index contributed by atoms with van der Waals surface area (Å²) in [5.74, 6) is -0.212. The lowest BCUT2D eigenvalue weighted by atomic mass is 10.1. The van der Waals surface area contributed by atoms with Gasteiger partial charge in [-0.15, -0.1) is 0 Å². The Labute approximate surface area is 133 Å². The summed E-state index contributed by atoms with van der Waals surface area (Å²) in [6.07, 6.45) is 2.23. The van der Waals surface area contributed by atoms with Crippen LogP contribution in [0.3, 0.4) is 0 Å². The molecule has 8 heteroatoms. The smallest absolute Gasteiger partial charge is 0.267 e. The molecule has 6 nitrogen and oxygen atoms in total. The molecule has 0 saturated carbocycles. The topological polar surface area (TPSA) is 94.2 Å². The van der Waals surface area contributed by atoms with Gasteiger partial charge in [-0.3, -0.25) is 4.79 Å². The number of hydrogen-bond donors (Lipinski definition) is 2. The van der Waals surface area contributed by atoms with Crippen LogP contribution in [0.15, 0.2) is 41.4 Å². The SMILES string of the molecule is Cn1cc(Cl)cc1C(=O)NCCc1ccc(S(N)(=O)=O)cc1. The van der Waals surface area contributed by atoms with E-state index in [1.165, 1.54) is 12.1 Å². The second-order valence-electron chi connectivity index (χ2n) is 4.85. The van der Waals surface area contributed by atoms with Crippen LogP contribution in [0.2, 0.25) is 5.02 Å². The molecule has 0 saturated heterocycles. The number of aryl methyl sites for hydroxylation is 1. The van der Waals surface area contributed by atoms with Crippen molar-refractivity contribution in [2.75, 3.05) is 6.54 Å². The Morgan fingerprint density at radius 2 is 1.95 bits per heavy atom. The third kappa shape index (κ3) is 4.09. The second kappa shape index (κ2) is 6.51. The van der Waals surface area contributed by atoms with Gasteiger partial charge in [0.15, 0.2) is 0 Å². The molecule has 1 amide bonds. The zero-order valence-corrected chi connectivity index (χ0v) is 13.5. The number of benzene rings is 1. The van der Waals surface area contributed by atoms with Crippen molar-refractivity contribution in [3.8, 4) is 0 Å². The highest BCUT2D eigenvalue weighted by Crippen LogP contribution is 2.12. The number of rotatable bonds is 5. The van der Waals surface area contributed by atoms with E-state index in [0.717, 1.165) is 5.56 Å². The van der Waals surface area contributed by atoms with Crippen molar-refractivity contribution in [2.45, 2.75) is 11.3 Å². The molecule has 0 bridgehead atoms. The molecule has 2 rings (SSSR count). The maximum atomic E-state index is 12.0. The summed E-state index contributed by atoms with van der Waals surface area (Å²) in [5, 5.41) is 8.32. The Bertz CT molecular complexity index is 782. The van der Waals surface area contributed by atoms with Crippen LogP contribution in [0.1, 0.15) is 16.1 Å². The molecule has 0 aliphatic rings. The van der Waals surface area contributed by atoms with Gasteiger partial charge in [-0.1, -0.05) is 23.7 Å². The molecule has 0 unspecified atom stereocenters. The molecule has 2 aromatic rings. The minimum Gasteiger partial charge on any atom is -0.350 e. The third-order valence-corrected chi connectivity index (χ3v) is 4.29. The Hall–Kier alpha value is -1.83. The number of carbonyl (C=O) groups excluding carboxylic acids is 1. The number of nitrogens with two attached hydrogens (primary N) is 1. The van der Waals surface area contributed by atoms with E-state index in [9.17, 15) is 13.2 Å². The van der Waals surface area contributed by atoms with Crippen molar-refractivity contribution in [1.29, 1.82) is 0 Å². The molecule has 0 spiro atoms. The maximum absolute atomic E-state index is 12.0. The monoisotopic (exact) mass is 341 g/mol. The molecule has 0 aliphatic heterocycles. The van der Waals surface area contributed by atoms with Gasteiger partial charge in [-0.25, -0.2) is 13.6 Å². The first-order chi connectivity index (χ1) is 10.3. The van der Waals surface area contributed by atoms with Gasteiger partial charge >= 0.3 is 0 Å². The van der Waals surface area contributed by atoms with Crippen LogP contribution in [-0.4, -0.2) is 25.4 Å². The van der Waals surface area contributed by atoms with E-state index >= 15 is 0 Å². The number of carbonyl (C=O) groups is 1. The van der Waals surface area contributed by atoms with E-state index < -0.39 is 10.0 Å². The van der Waals surface area contributed by atoms with Crippen LogP contribution in [0.4, 0.5) is 0 Å². The van der Waals surface area contributed by atoms with Gasteiger partial charge in [0, 0.05) is 19.8 Å². The molecule has 1 aromatic heterocycles. The van der Waals surface area contributed by atoms with E-state index in [0.29, 0.717) is 23.7 Å². The normalized spacial score (nSPS) is 11.4. The van der Waals surface area contributed by atoms with Crippen LogP contribution >= 0.6 is 11.6 Å². The Morgan fingerprint density at radius 1 is 1.32 bits per heavy atom. The largest absolute Gasteiger partial charge is 0.350 e. The first-order valence-electron chi connectivity index (χ1n) is 6.49. The van der Waals surface area contributed by atoms with Crippen molar-refractivity contribution < 1.29 is 13.2 Å². The van der Waals surface area contributed by atoms with E-state index in [2.05, 4.69) is 5.32 Å². The zero-order chi connectivity index (χ0) is 16.3. The lowest BCUT2D eigenvalue weighted by molar-refractivity contribution is 0.0946. The van der Waals surface area contributed by atoms with Gasteiger partial charge in [0.25, 0.3) is 5.91 Å². The highest BCUT2D eigenvalue weighted by atomic mass is 35.5. The van der Waals surface area contributed by atoms with E-state index in [-0.39, 0.29) is 10.8 Å². The molecule has 1 aromatic carbocycles. The van der Waals surface area contributed by atoms with Crippen molar-refractivity contribution in [1.82, 2.24) is 9.88 Å². The van der Waals surface area contributed by atoms with Gasteiger partial charge < -0.3 is 9.88 Å². The molecular weight excluding hydrogens is 326 g/mol. The summed E-state index contributed by atoms with van der Waals surface area (Å²) in [5.41, 5.74) is 1.38. The van der Waals surface area contributed by atoms with Crippen LogP contribution in [-0.2, 0) is 23.5 Å². The van der Waals surface area contributed by atoms with Crippen LogP contribution in [0, 0.1) is 0 Å². The van der Waals surface area contributed by atoms with Gasteiger partial charge in [0.2, 0.25) is 10.0 Å². The van der Waals surface area contributed by atoms with Gasteiger partial charge in [-0.2, -0.15) is 0 Å². The fourth-order valence-corrected chi connectivity index (χ4v) is 2.77. The third-order valence-electron chi connectivity index (χ3n) is 3.16. The van der Waals surface area contributed by atoms with Crippen LogP contribution < -0.4 is 10.5 Å². The Balaban J connectivity index is 1.91. The second-order valence-corrected chi connectivity index (χ2v) is 6.85. The summed E-state index contributed by atoms with van der Waals surface area (Å²) >= 11 is 5.83. The molecular formula is C14H16ClN3O3S. The number of hydrogen-bond acceptors (Lipinski definition) is 3. The van der Waals surface area contributed by atoms with Crippen molar-refractivity contribution in [3.05, 3.63) is 52.8 Å². The van der Waals surface area contributed by atoms with Gasteiger partial charge in [0.1, 0.15) is 5.69 Å². The average molecular weight is 342 g/mol. The standard InChI is InChI=1S/C14H16ClN3O3S/c1-18-9-11(15)8-13(18)14(19)17-7-6-10-2-4-12(5-3-10)22(16,20)21/h2-5,8-9H,6-7H2,1H3,(H,17,19)(H2,16,20,21). The number of primary sulfonamides is 1. The first kappa shape index (κ1) is 16.5. The minimum absolute atomic E-state index is 0.0683. The summed E-state index contributed by atoms with van der Waals surface area (Å²) in [7, 11) is -1.93. The molecule has 22 heavy (non-hydrogen) atoms. The predicted octanol–water partition coefficient (Wildman–Crippen LogP) is 1.30. The first-order valence-corrected chi connectivity index (χ1v) is 8.41. The number of aromatic nitrogens is 1. The molecule has 0 atom stereocenters. The quantitative estimate of drug-likeness (QED) is 0.858. The molecule has 0 radical (unpaired) electrons. The van der Waals surface area contributed by atoms with E-state index in [1.807, 2.05) is 0 Å². The van der Waals surface area contributed by atoms with Gasteiger partial charge in [0.05, 0.1) is 9.92 Å². The van der Waals surface area contributed by atoms with Crippen LogP contribution in [0.5, 0.6) is 0 Å². The summed E-state index contributed by atoms with van der Waals surface area (Å²) in [6, 6.07) is 7.83. The molecule has 0 aliphatic carbocycles. The summed E-state index contributed by atoms with van der Waals surface area (Å²) in [4.78, 5) is 12.0. The summed E-state index contributed by atoms with van der Waals surface area (Å²) in [6.45, 7) is 0.427. The number of nitrogens with zero attached hydrogens (tertiary/aromatic N) is 1. The average Bonchev–Trinajstić information content (AvgIpc) is 2.77. The zero-order valence-electron chi connectivity index (χ0n) is 11.9. The van der Waals surface area contributed by atoms with Crippen molar-refractivity contribution >= 4 is 27.5 Å². The number of sulfonamides is 1. The molecule has 0 fully saturated rings. The van der Waals surface area contributed by atoms with Crippen molar-refractivity contribution in [2.24, 2.45) is 12.2 Å². The molecule has 1 heterocycles. The predicted molar refractivity (Wildman–Crippen MR) is 84.3 cm³/mol. The lowest BCUT2D eigenvalue weighted by Gasteiger charge is -2.06. The number of nitrogens with one attached hydrogen (secondary N) is 1. The van der Waals surface area contributed by atoms with Crippen molar-refractivity contribution in [3.63, 3.8) is 0 Å². The molecule has 118 valence electrons. The molecule has 3 N–H and O–H groups in total. The fraction of sp³-hybridized carbons (Fsp3) is 0.214. The Morgan fingerprint density at radius 3 is 2.45 bits per heavy atom. The Kier molecular flexibility index (Phi) is 4.90. The lowest BCUT2D eigenvalue weighted by Crippen LogP contribution is -2.27. The number of halogens is 1. The highest BCUT2D eigenvalue weighted by molar-refractivity contribution is 7.89. The van der Waals surface area contributed by atoms with Gasteiger partial charge in [-0.05, 0) is 30.2 Å². The minimum atomic E-state index is -3.68. The van der Waals surface area contributed by atoms with E-state index in [4.69, 9.17) is 16.7 Å². The summed E-state index contributed by atoms with van der Waals surface area (Å²) < 4.78 is 23.9. The van der Waals surface area contributed by atoms with E-state index in [1.54, 1.807) is 36.0 Å². The number of amides is 1. The highest BCUT2D eigenvalue weighted by Gasteiger charge is 2.11.